The van der Waals surface area contributed by atoms with E-state index < -0.39 is 0 Å². The number of benzene rings is 1. The van der Waals surface area contributed by atoms with Gasteiger partial charge in [0.2, 0.25) is 0 Å². The molecule has 1 aliphatic carbocycles. The topological polar surface area (TPSA) is 32.3 Å². The van der Waals surface area contributed by atoms with E-state index in [1.165, 1.54) is 24.8 Å². The summed E-state index contributed by atoms with van der Waals surface area (Å²) < 4.78 is 0. The summed E-state index contributed by atoms with van der Waals surface area (Å²) in [5.41, 5.74) is 4.63. The number of rotatable bonds is 6. The number of nitrogens with one attached hydrogen (secondary N) is 1. The van der Waals surface area contributed by atoms with Gasteiger partial charge in [0.1, 0.15) is 0 Å². The molecule has 0 radical (unpaired) electrons. The third-order valence-electron chi connectivity index (χ3n) is 3.75. The first kappa shape index (κ1) is 13.6. The molecule has 0 amide bonds. The number of hydrogen-bond acceptors (Lipinski definition) is 2. The molecular weight excluding hydrogens is 222 g/mol. The van der Waals surface area contributed by atoms with Gasteiger partial charge in [0, 0.05) is 12.1 Å². The van der Waals surface area contributed by atoms with Crippen LogP contribution in [0.2, 0.25) is 0 Å². The minimum Gasteiger partial charge on any atom is -0.396 e. The number of aliphatic hydroxyl groups is 1. The molecule has 0 spiro atoms. The SMILES string of the molecule is CC(C)(Cc1ccc2c(c1)CCC2)NCCCO. The van der Waals surface area contributed by atoms with Crippen LogP contribution in [0.4, 0.5) is 0 Å². The quantitative estimate of drug-likeness (QED) is 0.757. The van der Waals surface area contributed by atoms with Gasteiger partial charge < -0.3 is 10.4 Å². The van der Waals surface area contributed by atoms with Gasteiger partial charge in [0.05, 0.1) is 0 Å². The molecule has 1 aliphatic rings. The maximum absolute atomic E-state index is 8.82. The average molecular weight is 247 g/mol. The Kier molecular flexibility index (Phi) is 4.41. The molecule has 0 atom stereocenters. The zero-order valence-electron chi connectivity index (χ0n) is 11.6. The maximum atomic E-state index is 8.82. The zero-order chi connectivity index (χ0) is 13.0. The lowest BCUT2D eigenvalue weighted by atomic mass is 9.93. The van der Waals surface area contributed by atoms with Crippen LogP contribution in [0.15, 0.2) is 18.2 Å². The Balaban J connectivity index is 1.95. The van der Waals surface area contributed by atoms with Crippen molar-refractivity contribution in [2.75, 3.05) is 13.2 Å². The predicted molar refractivity (Wildman–Crippen MR) is 76.0 cm³/mol. The molecule has 1 aromatic rings. The second-order valence-electron chi connectivity index (χ2n) is 6.02. The third kappa shape index (κ3) is 3.56. The van der Waals surface area contributed by atoms with Crippen molar-refractivity contribution < 1.29 is 5.11 Å². The van der Waals surface area contributed by atoms with Gasteiger partial charge in [0.25, 0.3) is 0 Å². The van der Waals surface area contributed by atoms with E-state index in [2.05, 4.69) is 37.4 Å². The van der Waals surface area contributed by atoms with Gasteiger partial charge in [-0.15, -0.1) is 0 Å². The van der Waals surface area contributed by atoms with Crippen LogP contribution in [0.5, 0.6) is 0 Å². The smallest absolute Gasteiger partial charge is 0.0443 e. The molecule has 0 unspecified atom stereocenters. The monoisotopic (exact) mass is 247 g/mol. The van der Waals surface area contributed by atoms with Gasteiger partial charge in [-0.3, -0.25) is 0 Å². The standard InChI is InChI=1S/C16H25NO/c1-16(2,17-9-4-10-18)12-13-7-8-14-5-3-6-15(14)11-13/h7-8,11,17-18H,3-6,9-10,12H2,1-2H3. The molecule has 0 fully saturated rings. The van der Waals surface area contributed by atoms with Crippen LogP contribution in [0.1, 0.15) is 43.4 Å². The molecule has 2 nitrogen and oxygen atoms in total. The van der Waals surface area contributed by atoms with Crippen LogP contribution in [0.25, 0.3) is 0 Å². The summed E-state index contributed by atoms with van der Waals surface area (Å²) in [6.45, 7) is 5.62. The van der Waals surface area contributed by atoms with E-state index in [-0.39, 0.29) is 12.1 Å². The average Bonchev–Trinajstić information content (AvgIpc) is 2.75. The second-order valence-corrected chi connectivity index (χ2v) is 6.02. The Bertz CT molecular complexity index is 398. The highest BCUT2D eigenvalue weighted by molar-refractivity contribution is 5.35. The van der Waals surface area contributed by atoms with Crippen molar-refractivity contribution in [1.82, 2.24) is 5.32 Å². The van der Waals surface area contributed by atoms with E-state index in [0.717, 1.165) is 19.4 Å². The Labute approximate surface area is 110 Å². The van der Waals surface area contributed by atoms with Crippen molar-refractivity contribution in [2.45, 2.75) is 51.5 Å². The molecule has 1 aromatic carbocycles. The van der Waals surface area contributed by atoms with Gasteiger partial charge in [-0.25, -0.2) is 0 Å². The number of aliphatic hydroxyl groups excluding tert-OH is 1. The van der Waals surface area contributed by atoms with Crippen LogP contribution in [0, 0.1) is 0 Å². The highest BCUT2D eigenvalue weighted by atomic mass is 16.3. The predicted octanol–water partition coefficient (Wildman–Crippen LogP) is 2.47. The molecule has 2 heteroatoms. The molecule has 0 aliphatic heterocycles. The molecule has 18 heavy (non-hydrogen) atoms. The summed E-state index contributed by atoms with van der Waals surface area (Å²) in [5.74, 6) is 0. The van der Waals surface area contributed by atoms with Crippen molar-refractivity contribution in [3.05, 3.63) is 34.9 Å². The lowest BCUT2D eigenvalue weighted by Gasteiger charge is -2.27. The lowest BCUT2D eigenvalue weighted by molar-refractivity contribution is 0.274. The van der Waals surface area contributed by atoms with E-state index in [1.807, 2.05) is 0 Å². The lowest BCUT2D eigenvalue weighted by Crippen LogP contribution is -2.42. The van der Waals surface area contributed by atoms with Crippen LogP contribution >= 0.6 is 0 Å². The largest absolute Gasteiger partial charge is 0.396 e. The fourth-order valence-corrected chi connectivity index (χ4v) is 2.81. The zero-order valence-corrected chi connectivity index (χ0v) is 11.6. The van der Waals surface area contributed by atoms with E-state index in [0.29, 0.717) is 0 Å². The van der Waals surface area contributed by atoms with Crippen LogP contribution < -0.4 is 5.32 Å². The Hall–Kier alpha value is -0.860. The fraction of sp³-hybridized carbons (Fsp3) is 0.625. The van der Waals surface area contributed by atoms with Crippen LogP contribution in [-0.4, -0.2) is 23.8 Å². The summed E-state index contributed by atoms with van der Waals surface area (Å²) in [4.78, 5) is 0. The van der Waals surface area contributed by atoms with Crippen molar-refractivity contribution in [1.29, 1.82) is 0 Å². The second kappa shape index (κ2) is 5.85. The van der Waals surface area contributed by atoms with Gasteiger partial charge in [-0.05, 0) is 69.2 Å². The van der Waals surface area contributed by atoms with Crippen molar-refractivity contribution >= 4 is 0 Å². The van der Waals surface area contributed by atoms with Crippen LogP contribution in [-0.2, 0) is 19.3 Å². The van der Waals surface area contributed by atoms with Crippen LogP contribution in [0.3, 0.4) is 0 Å². The fourth-order valence-electron chi connectivity index (χ4n) is 2.81. The van der Waals surface area contributed by atoms with E-state index >= 15 is 0 Å². The highest BCUT2D eigenvalue weighted by Gasteiger charge is 2.18. The number of aryl methyl sites for hydroxylation is 2. The Morgan fingerprint density at radius 2 is 2.00 bits per heavy atom. The maximum Gasteiger partial charge on any atom is 0.0443 e. The summed E-state index contributed by atoms with van der Waals surface area (Å²) >= 11 is 0. The number of fused-ring (bicyclic) bond motifs is 1. The minimum atomic E-state index is 0.0992. The summed E-state index contributed by atoms with van der Waals surface area (Å²) in [7, 11) is 0. The minimum absolute atomic E-state index is 0.0992. The first-order valence-corrected chi connectivity index (χ1v) is 7.07. The van der Waals surface area contributed by atoms with Gasteiger partial charge in [-0.1, -0.05) is 18.2 Å². The first-order chi connectivity index (χ1) is 8.61. The van der Waals surface area contributed by atoms with E-state index in [1.54, 1.807) is 11.1 Å². The van der Waals surface area contributed by atoms with E-state index in [9.17, 15) is 0 Å². The van der Waals surface area contributed by atoms with Gasteiger partial charge >= 0.3 is 0 Å². The van der Waals surface area contributed by atoms with Gasteiger partial charge in [-0.2, -0.15) is 0 Å². The molecule has 100 valence electrons. The molecule has 0 heterocycles. The summed E-state index contributed by atoms with van der Waals surface area (Å²) in [6.07, 6.45) is 5.70. The summed E-state index contributed by atoms with van der Waals surface area (Å²) in [6, 6.07) is 6.97. The molecule has 0 aromatic heterocycles. The molecule has 0 saturated carbocycles. The molecule has 2 rings (SSSR count). The Morgan fingerprint density at radius 1 is 1.22 bits per heavy atom. The normalized spacial score (nSPS) is 14.8. The number of hydrogen-bond donors (Lipinski definition) is 2. The highest BCUT2D eigenvalue weighted by Crippen LogP contribution is 2.24. The molecule has 0 saturated heterocycles. The Morgan fingerprint density at radius 3 is 2.78 bits per heavy atom. The molecular formula is C16H25NO. The first-order valence-electron chi connectivity index (χ1n) is 7.07. The third-order valence-corrected chi connectivity index (χ3v) is 3.75. The molecule has 2 N–H and O–H groups in total. The molecule has 0 bridgehead atoms. The summed E-state index contributed by atoms with van der Waals surface area (Å²) in [5, 5.41) is 12.3. The van der Waals surface area contributed by atoms with Crippen molar-refractivity contribution in [3.63, 3.8) is 0 Å². The van der Waals surface area contributed by atoms with Crippen molar-refractivity contribution in [2.24, 2.45) is 0 Å². The van der Waals surface area contributed by atoms with Crippen molar-refractivity contribution in [3.8, 4) is 0 Å². The van der Waals surface area contributed by atoms with E-state index in [4.69, 9.17) is 5.11 Å². The van der Waals surface area contributed by atoms with Gasteiger partial charge in [0.15, 0.2) is 0 Å².